The number of nitro groups is 1. The van der Waals surface area contributed by atoms with Crippen LogP contribution in [0.15, 0.2) is 42.6 Å². The molecule has 1 aromatic carbocycles. The number of rotatable bonds is 3. The molecule has 0 spiro atoms. The number of hydrogen-bond donors (Lipinski definition) is 0. The first-order chi connectivity index (χ1) is 10.4. The summed E-state index contributed by atoms with van der Waals surface area (Å²) in [6, 6.07) is 9.32. The molecule has 1 atom stereocenters. The highest BCUT2D eigenvalue weighted by atomic mass is 32.2. The zero-order valence-corrected chi connectivity index (χ0v) is 12.7. The van der Waals surface area contributed by atoms with Crippen LogP contribution in [0.25, 0.3) is 0 Å². The maximum absolute atomic E-state index is 12.1. The molecule has 2 aromatic rings. The van der Waals surface area contributed by atoms with E-state index in [-0.39, 0.29) is 5.69 Å². The van der Waals surface area contributed by atoms with Gasteiger partial charge in [0.05, 0.1) is 17.2 Å². The Kier molecular flexibility index (Phi) is 3.50. The number of aromatic nitrogens is 1. The Labute approximate surface area is 128 Å². The van der Waals surface area contributed by atoms with Crippen LogP contribution in [0.5, 0.6) is 0 Å². The summed E-state index contributed by atoms with van der Waals surface area (Å²) in [5.74, 6) is 0. The summed E-state index contributed by atoms with van der Waals surface area (Å²) in [5.41, 5.74) is 1.57. The van der Waals surface area contributed by atoms with Gasteiger partial charge in [0, 0.05) is 37.1 Å². The molecule has 0 N–H and O–H groups in total. The fourth-order valence-electron chi connectivity index (χ4n) is 2.83. The molecule has 0 aliphatic carbocycles. The maximum atomic E-state index is 12.1. The van der Waals surface area contributed by atoms with Crippen LogP contribution in [-0.4, -0.2) is 35.0 Å². The molecular weight excluding hydrogens is 306 g/mol. The standard InChI is InChI=1S/C14H15N3O4S/c1-22(20,21)16-10-9-15-8-2-3-13(15)14(16)11-4-6-12(7-5-11)17(18)19/h2-8,14H,9-10H2,1H3/t14-/m1/s1. The minimum absolute atomic E-state index is 0.0131. The number of non-ortho nitro benzene ring substituents is 1. The van der Waals surface area contributed by atoms with Crippen LogP contribution in [0.4, 0.5) is 5.69 Å². The van der Waals surface area contributed by atoms with E-state index in [1.165, 1.54) is 22.7 Å². The highest BCUT2D eigenvalue weighted by molar-refractivity contribution is 7.88. The summed E-state index contributed by atoms with van der Waals surface area (Å²) in [5, 5.41) is 10.8. The molecule has 3 rings (SSSR count). The summed E-state index contributed by atoms with van der Waals surface area (Å²) in [7, 11) is -3.38. The van der Waals surface area contributed by atoms with Crippen LogP contribution in [-0.2, 0) is 16.6 Å². The molecule has 0 unspecified atom stereocenters. The molecule has 0 radical (unpaired) electrons. The van der Waals surface area contributed by atoms with Gasteiger partial charge in [-0.1, -0.05) is 12.1 Å². The number of hydrogen-bond acceptors (Lipinski definition) is 4. The van der Waals surface area contributed by atoms with Gasteiger partial charge < -0.3 is 4.57 Å². The monoisotopic (exact) mass is 321 g/mol. The molecule has 1 aromatic heterocycles. The Balaban J connectivity index is 2.09. The van der Waals surface area contributed by atoms with Crippen molar-refractivity contribution in [2.45, 2.75) is 12.6 Å². The van der Waals surface area contributed by atoms with Crippen molar-refractivity contribution in [1.29, 1.82) is 0 Å². The minimum atomic E-state index is -3.38. The molecular formula is C14H15N3O4S. The van der Waals surface area contributed by atoms with E-state index >= 15 is 0 Å². The molecule has 1 aliphatic rings. The number of benzene rings is 1. The van der Waals surface area contributed by atoms with Gasteiger partial charge in [0.25, 0.3) is 5.69 Å². The average Bonchev–Trinajstić information content (AvgIpc) is 2.93. The van der Waals surface area contributed by atoms with E-state index in [1.807, 2.05) is 22.9 Å². The lowest BCUT2D eigenvalue weighted by Gasteiger charge is -2.35. The van der Waals surface area contributed by atoms with Gasteiger partial charge in [-0.3, -0.25) is 10.1 Å². The van der Waals surface area contributed by atoms with Crippen LogP contribution >= 0.6 is 0 Å². The molecule has 22 heavy (non-hydrogen) atoms. The number of nitrogens with zero attached hydrogens (tertiary/aromatic N) is 3. The zero-order chi connectivity index (χ0) is 15.9. The summed E-state index contributed by atoms with van der Waals surface area (Å²) < 4.78 is 27.6. The predicted octanol–water partition coefficient (Wildman–Crippen LogP) is 1.76. The lowest BCUT2D eigenvalue weighted by atomic mass is 10.0. The second-order valence-electron chi connectivity index (χ2n) is 5.25. The number of nitro benzene ring substituents is 1. The lowest BCUT2D eigenvalue weighted by molar-refractivity contribution is -0.384. The Bertz CT molecular complexity index is 811. The van der Waals surface area contributed by atoms with Crippen molar-refractivity contribution < 1.29 is 13.3 Å². The van der Waals surface area contributed by atoms with Crippen molar-refractivity contribution in [2.24, 2.45) is 0 Å². The Morgan fingerprint density at radius 2 is 1.86 bits per heavy atom. The maximum Gasteiger partial charge on any atom is 0.269 e. The van der Waals surface area contributed by atoms with Crippen molar-refractivity contribution in [1.82, 2.24) is 8.87 Å². The fraction of sp³-hybridized carbons (Fsp3) is 0.286. The molecule has 8 heteroatoms. The van der Waals surface area contributed by atoms with Crippen molar-refractivity contribution in [3.05, 3.63) is 64.0 Å². The van der Waals surface area contributed by atoms with Crippen molar-refractivity contribution >= 4 is 15.7 Å². The Morgan fingerprint density at radius 3 is 2.45 bits per heavy atom. The first kappa shape index (κ1) is 14.7. The predicted molar refractivity (Wildman–Crippen MR) is 80.9 cm³/mol. The van der Waals surface area contributed by atoms with Crippen LogP contribution in [0.3, 0.4) is 0 Å². The van der Waals surface area contributed by atoms with Gasteiger partial charge in [0.1, 0.15) is 0 Å². The molecule has 1 aliphatic heterocycles. The van der Waals surface area contributed by atoms with E-state index in [4.69, 9.17) is 0 Å². The SMILES string of the molecule is CS(=O)(=O)N1CCn2cccc2[C@H]1c1ccc([N+](=O)[O-])cc1. The second-order valence-corrected chi connectivity index (χ2v) is 7.19. The summed E-state index contributed by atoms with van der Waals surface area (Å²) >= 11 is 0. The number of sulfonamides is 1. The molecule has 7 nitrogen and oxygen atoms in total. The van der Waals surface area contributed by atoms with Gasteiger partial charge in [0.2, 0.25) is 10.0 Å². The van der Waals surface area contributed by atoms with E-state index in [1.54, 1.807) is 12.1 Å². The summed E-state index contributed by atoms with van der Waals surface area (Å²) in [6.07, 6.45) is 3.09. The Hall–Kier alpha value is -2.19. The van der Waals surface area contributed by atoms with Gasteiger partial charge in [-0.25, -0.2) is 8.42 Å². The average molecular weight is 321 g/mol. The van der Waals surface area contributed by atoms with E-state index < -0.39 is 21.0 Å². The van der Waals surface area contributed by atoms with Gasteiger partial charge in [-0.05, 0) is 17.7 Å². The Morgan fingerprint density at radius 1 is 1.18 bits per heavy atom. The summed E-state index contributed by atoms with van der Waals surface area (Å²) in [6.45, 7) is 0.973. The van der Waals surface area contributed by atoms with Gasteiger partial charge in [-0.15, -0.1) is 0 Å². The largest absolute Gasteiger partial charge is 0.348 e. The molecule has 0 saturated carbocycles. The van der Waals surface area contributed by atoms with E-state index in [0.717, 1.165) is 11.3 Å². The quantitative estimate of drug-likeness (QED) is 0.637. The molecule has 0 amide bonds. The van der Waals surface area contributed by atoms with Crippen molar-refractivity contribution in [3.8, 4) is 0 Å². The third-order valence-electron chi connectivity index (χ3n) is 3.84. The van der Waals surface area contributed by atoms with Crippen LogP contribution in [0.2, 0.25) is 0 Å². The first-order valence-electron chi connectivity index (χ1n) is 6.74. The van der Waals surface area contributed by atoms with Crippen LogP contribution in [0.1, 0.15) is 17.3 Å². The van der Waals surface area contributed by atoms with Crippen LogP contribution < -0.4 is 0 Å². The lowest BCUT2D eigenvalue weighted by Crippen LogP contribution is -2.41. The normalized spacial score (nSPS) is 18.9. The van der Waals surface area contributed by atoms with Crippen LogP contribution in [0, 0.1) is 10.1 Å². The minimum Gasteiger partial charge on any atom is -0.348 e. The van der Waals surface area contributed by atoms with Crippen molar-refractivity contribution in [2.75, 3.05) is 12.8 Å². The topological polar surface area (TPSA) is 85.5 Å². The van der Waals surface area contributed by atoms with E-state index in [2.05, 4.69) is 0 Å². The van der Waals surface area contributed by atoms with Gasteiger partial charge in [0.15, 0.2) is 0 Å². The number of fused-ring (bicyclic) bond motifs is 1. The fourth-order valence-corrected chi connectivity index (χ4v) is 3.86. The van der Waals surface area contributed by atoms with E-state index in [9.17, 15) is 18.5 Å². The zero-order valence-electron chi connectivity index (χ0n) is 11.9. The molecule has 116 valence electrons. The second kappa shape index (κ2) is 5.22. The molecule has 2 heterocycles. The highest BCUT2D eigenvalue weighted by Gasteiger charge is 2.34. The molecule has 0 fully saturated rings. The van der Waals surface area contributed by atoms with Gasteiger partial charge in [-0.2, -0.15) is 4.31 Å². The first-order valence-corrected chi connectivity index (χ1v) is 8.59. The van der Waals surface area contributed by atoms with Crippen molar-refractivity contribution in [3.63, 3.8) is 0 Å². The highest BCUT2D eigenvalue weighted by Crippen LogP contribution is 2.34. The molecule has 0 saturated heterocycles. The molecule has 0 bridgehead atoms. The third kappa shape index (κ3) is 2.51. The van der Waals surface area contributed by atoms with E-state index in [0.29, 0.717) is 13.1 Å². The summed E-state index contributed by atoms with van der Waals surface area (Å²) in [4.78, 5) is 10.3. The third-order valence-corrected chi connectivity index (χ3v) is 5.09. The smallest absolute Gasteiger partial charge is 0.269 e. The van der Waals surface area contributed by atoms with Gasteiger partial charge >= 0.3 is 0 Å².